The summed E-state index contributed by atoms with van der Waals surface area (Å²) in [6, 6.07) is 7.89. The van der Waals surface area contributed by atoms with Gasteiger partial charge in [0.05, 0.1) is 0 Å². The first-order valence-corrected chi connectivity index (χ1v) is 6.30. The van der Waals surface area contributed by atoms with Gasteiger partial charge in [0.15, 0.2) is 0 Å². The van der Waals surface area contributed by atoms with Crippen molar-refractivity contribution < 1.29 is 4.79 Å². The summed E-state index contributed by atoms with van der Waals surface area (Å²) in [5.74, 6) is 1.54. The van der Waals surface area contributed by atoms with Crippen LogP contribution in [0.4, 0.5) is 0 Å². The summed E-state index contributed by atoms with van der Waals surface area (Å²) in [6.07, 6.45) is 0. The third kappa shape index (κ3) is 1.95. The van der Waals surface area contributed by atoms with Crippen molar-refractivity contribution in [1.82, 2.24) is 10.2 Å². The van der Waals surface area contributed by atoms with Gasteiger partial charge in [-0.25, -0.2) is 0 Å². The van der Waals surface area contributed by atoms with Crippen molar-refractivity contribution in [2.24, 2.45) is 11.8 Å². The fourth-order valence-electron chi connectivity index (χ4n) is 2.98. The van der Waals surface area contributed by atoms with E-state index in [0.29, 0.717) is 11.8 Å². The standard InChI is InChI=1S/C14H18N2O/c1-10-3-2-4-11(5-10)14(17)16-8-12-6-15-7-13(12)9-16/h2-5,12-13,15H,6-9H2,1H3/t12-,13+. The maximum Gasteiger partial charge on any atom is 0.253 e. The molecule has 0 aliphatic carbocycles. The van der Waals surface area contributed by atoms with Crippen LogP contribution in [0.25, 0.3) is 0 Å². The number of hydrogen-bond donors (Lipinski definition) is 1. The number of carbonyl (C=O) groups excluding carboxylic acids is 1. The minimum Gasteiger partial charge on any atom is -0.338 e. The largest absolute Gasteiger partial charge is 0.338 e. The van der Waals surface area contributed by atoms with Crippen LogP contribution in [-0.4, -0.2) is 37.0 Å². The Bertz CT molecular complexity index is 432. The molecule has 0 saturated carbocycles. The Hall–Kier alpha value is -1.35. The van der Waals surface area contributed by atoms with E-state index in [1.165, 1.54) is 0 Å². The number of carbonyl (C=O) groups is 1. The Morgan fingerprint density at radius 2 is 2.00 bits per heavy atom. The number of likely N-dealkylation sites (tertiary alicyclic amines) is 1. The lowest BCUT2D eigenvalue weighted by atomic mass is 10.0. The van der Waals surface area contributed by atoms with E-state index in [1.807, 2.05) is 36.1 Å². The molecule has 3 nitrogen and oxygen atoms in total. The summed E-state index contributed by atoms with van der Waals surface area (Å²) in [5, 5.41) is 3.39. The summed E-state index contributed by atoms with van der Waals surface area (Å²) < 4.78 is 0. The monoisotopic (exact) mass is 230 g/mol. The van der Waals surface area contributed by atoms with Crippen LogP contribution in [0.5, 0.6) is 0 Å². The molecule has 0 bridgehead atoms. The van der Waals surface area contributed by atoms with Crippen LogP contribution in [0.1, 0.15) is 15.9 Å². The third-order valence-electron chi connectivity index (χ3n) is 3.94. The van der Waals surface area contributed by atoms with Crippen LogP contribution in [0.2, 0.25) is 0 Å². The highest BCUT2D eigenvalue weighted by Gasteiger charge is 2.38. The van der Waals surface area contributed by atoms with E-state index in [2.05, 4.69) is 5.32 Å². The predicted octanol–water partition coefficient (Wildman–Crippen LogP) is 1.29. The first-order valence-electron chi connectivity index (χ1n) is 6.30. The zero-order valence-corrected chi connectivity index (χ0v) is 10.1. The molecule has 2 atom stereocenters. The molecule has 2 heterocycles. The van der Waals surface area contributed by atoms with E-state index < -0.39 is 0 Å². The lowest BCUT2D eigenvalue weighted by molar-refractivity contribution is 0.0781. The van der Waals surface area contributed by atoms with Crippen LogP contribution in [0, 0.1) is 18.8 Å². The molecular formula is C14H18N2O. The van der Waals surface area contributed by atoms with Gasteiger partial charge < -0.3 is 10.2 Å². The van der Waals surface area contributed by atoms with Gasteiger partial charge in [-0.2, -0.15) is 0 Å². The summed E-state index contributed by atoms with van der Waals surface area (Å²) in [7, 11) is 0. The Morgan fingerprint density at radius 3 is 2.65 bits per heavy atom. The quantitative estimate of drug-likeness (QED) is 0.788. The smallest absolute Gasteiger partial charge is 0.253 e. The molecule has 2 saturated heterocycles. The first kappa shape index (κ1) is 10.8. The Labute approximate surface area is 102 Å². The lowest BCUT2D eigenvalue weighted by Gasteiger charge is -2.17. The SMILES string of the molecule is Cc1cccc(C(=O)N2C[C@H]3CNC[C@H]3C2)c1. The van der Waals surface area contributed by atoms with Crippen molar-refractivity contribution in [2.45, 2.75) is 6.92 Å². The van der Waals surface area contributed by atoms with Crippen molar-refractivity contribution in [2.75, 3.05) is 26.2 Å². The molecule has 90 valence electrons. The molecule has 0 aromatic heterocycles. The fourth-order valence-corrected chi connectivity index (χ4v) is 2.98. The molecule has 1 aromatic rings. The van der Waals surface area contributed by atoms with Gasteiger partial charge >= 0.3 is 0 Å². The van der Waals surface area contributed by atoms with Crippen LogP contribution in [0.15, 0.2) is 24.3 Å². The number of hydrogen-bond acceptors (Lipinski definition) is 2. The number of amides is 1. The zero-order valence-electron chi connectivity index (χ0n) is 10.1. The predicted molar refractivity (Wildman–Crippen MR) is 66.9 cm³/mol. The highest BCUT2D eigenvalue weighted by molar-refractivity contribution is 5.94. The Balaban J connectivity index is 1.75. The minimum absolute atomic E-state index is 0.197. The molecule has 0 unspecified atom stereocenters. The third-order valence-corrected chi connectivity index (χ3v) is 3.94. The van der Waals surface area contributed by atoms with E-state index in [1.54, 1.807) is 0 Å². The van der Waals surface area contributed by atoms with Gasteiger partial charge in [0.2, 0.25) is 0 Å². The molecule has 0 spiro atoms. The van der Waals surface area contributed by atoms with E-state index in [-0.39, 0.29) is 5.91 Å². The lowest BCUT2D eigenvalue weighted by Crippen LogP contribution is -2.31. The molecule has 1 N–H and O–H groups in total. The van der Waals surface area contributed by atoms with Gasteiger partial charge in [-0.1, -0.05) is 17.7 Å². The second-order valence-electron chi connectivity index (χ2n) is 5.26. The average Bonchev–Trinajstić information content (AvgIpc) is 2.88. The molecule has 2 aliphatic heterocycles. The van der Waals surface area contributed by atoms with Crippen molar-refractivity contribution in [3.8, 4) is 0 Å². The van der Waals surface area contributed by atoms with Gasteiger partial charge in [-0.3, -0.25) is 4.79 Å². The second-order valence-corrected chi connectivity index (χ2v) is 5.26. The molecular weight excluding hydrogens is 212 g/mol. The van der Waals surface area contributed by atoms with Crippen LogP contribution in [-0.2, 0) is 0 Å². The first-order chi connectivity index (χ1) is 8.24. The van der Waals surface area contributed by atoms with Gasteiger partial charge in [-0.15, -0.1) is 0 Å². The summed E-state index contributed by atoms with van der Waals surface area (Å²) in [4.78, 5) is 14.4. The maximum atomic E-state index is 12.3. The minimum atomic E-state index is 0.197. The molecule has 3 heteroatoms. The fraction of sp³-hybridized carbons (Fsp3) is 0.500. The number of nitrogens with zero attached hydrogens (tertiary/aromatic N) is 1. The Morgan fingerprint density at radius 1 is 1.29 bits per heavy atom. The molecule has 2 aliphatic rings. The maximum absolute atomic E-state index is 12.3. The molecule has 17 heavy (non-hydrogen) atoms. The number of nitrogens with one attached hydrogen (secondary N) is 1. The molecule has 1 amide bonds. The molecule has 3 rings (SSSR count). The van der Waals surface area contributed by atoms with E-state index in [0.717, 1.165) is 37.3 Å². The summed E-state index contributed by atoms with van der Waals surface area (Å²) in [5.41, 5.74) is 1.98. The molecule has 2 fully saturated rings. The van der Waals surface area contributed by atoms with Gasteiger partial charge in [0.1, 0.15) is 0 Å². The second kappa shape index (κ2) is 4.15. The summed E-state index contributed by atoms with van der Waals surface area (Å²) >= 11 is 0. The zero-order chi connectivity index (χ0) is 11.8. The topological polar surface area (TPSA) is 32.3 Å². The van der Waals surface area contributed by atoms with Crippen molar-refractivity contribution in [3.63, 3.8) is 0 Å². The average molecular weight is 230 g/mol. The van der Waals surface area contributed by atoms with Gasteiger partial charge in [0.25, 0.3) is 5.91 Å². The highest BCUT2D eigenvalue weighted by Crippen LogP contribution is 2.27. The Kier molecular flexibility index (Phi) is 2.63. The van der Waals surface area contributed by atoms with E-state index >= 15 is 0 Å². The van der Waals surface area contributed by atoms with Crippen molar-refractivity contribution >= 4 is 5.91 Å². The number of aryl methyl sites for hydroxylation is 1. The van der Waals surface area contributed by atoms with Crippen molar-refractivity contribution in [3.05, 3.63) is 35.4 Å². The van der Waals surface area contributed by atoms with Crippen molar-refractivity contribution in [1.29, 1.82) is 0 Å². The summed E-state index contributed by atoms with van der Waals surface area (Å²) in [6.45, 7) is 6.01. The van der Waals surface area contributed by atoms with Gasteiger partial charge in [0, 0.05) is 31.7 Å². The normalized spacial score (nSPS) is 27.2. The van der Waals surface area contributed by atoms with Gasteiger partial charge in [-0.05, 0) is 30.9 Å². The van der Waals surface area contributed by atoms with E-state index in [4.69, 9.17) is 0 Å². The van der Waals surface area contributed by atoms with Crippen LogP contribution in [0.3, 0.4) is 0 Å². The number of benzene rings is 1. The molecule has 1 aromatic carbocycles. The number of fused-ring (bicyclic) bond motifs is 1. The van der Waals surface area contributed by atoms with Crippen LogP contribution >= 0.6 is 0 Å². The van der Waals surface area contributed by atoms with E-state index in [9.17, 15) is 4.79 Å². The number of rotatable bonds is 1. The molecule has 0 radical (unpaired) electrons. The highest BCUT2D eigenvalue weighted by atomic mass is 16.2. The van der Waals surface area contributed by atoms with Crippen LogP contribution < -0.4 is 5.32 Å².